The van der Waals surface area contributed by atoms with Gasteiger partial charge in [-0.15, -0.1) is 0 Å². The Hall–Kier alpha value is -3.58. The lowest BCUT2D eigenvalue weighted by atomic mass is 10.0. The summed E-state index contributed by atoms with van der Waals surface area (Å²) >= 11 is 0. The minimum absolute atomic E-state index is 0.904. The van der Waals surface area contributed by atoms with Crippen LogP contribution in [0.4, 0.5) is 5.69 Å². The van der Waals surface area contributed by atoms with Crippen LogP contribution in [0.15, 0.2) is 116 Å². The van der Waals surface area contributed by atoms with Crippen LogP contribution in [0.5, 0.6) is 0 Å². The summed E-state index contributed by atoms with van der Waals surface area (Å²) in [6, 6.07) is 35.3. The third kappa shape index (κ3) is 3.28. The van der Waals surface area contributed by atoms with Gasteiger partial charge >= 0.3 is 0 Å². The number of hydrogen-bond acceptors (Lipinski definition) is 1. The monoisotopic (exact) mass is 347 g/mol. The zero-order chi connectivity index (χ0) is 18.6. The second-order valence-electron chi connectivity index (χ2n) is 6.46. The Morgan fingerprint density at radius 3 is 1.59 bits per heavy atom. The summed E-state index contributed by atoms with van der Waals surface area (Å²) in [4.78, 5) is 2.16. The Bertz CT molecular complexity index is 1040. The third-order valence-electron chi connectivity index (χ3n) is 4.76. The van der Waals surface area contributed by atoms with E-state index in [1.807, 2.05) is 36.4 Å². The van der Waals surface area contributed by atoms with Gasteiger partial charge in [-0.2, -0.15) is 0 Å². The van der Waals surface area contributed by atoms with Crippen molar-refractivity contribution in [2.24, 2.45) is 0 Å². The molecule has 0 aromatic heterocycles. The first-order valence-electron chi connectivity index (χ1n) is 9.02. The van der Waals surface area contributed by atoms with E-state index in [1.54, 1.807) is 0 Å². The number of rotatable bonds is 5. The first-order chi connectivity index (χ1) is 13.3. The molecule has 0 amide bonds. The molecule has 0 atom stereocenters. The molecule has 27 heavy (non-hydrogen) atoms. The summed E-state index contributed by atoms with van der Waals surface area (Å²) in [5.74, 6) is 0. The van der Waals surface area contributed by atoms with Crippen molar-refractivity contribution in [1.29, 1.82) is 0 Å². The van der Waals surface area contributed by atoms with Crippen molar-refractivity contribution >= 4 is 27.9 Å². The van der Waals surface area contributed by atoms with Gasteiger partial charge < -0.3 is 4.90 Å². The third-order valence-corrected chi connectivity index (χ3v) is 4.76. The van der Waals surface area contributed by atoms with E-state index < -0.39 is 0 Å². The number of anilines is 1. The van der Waals surface area contributed by atoms with E-state index in [2.05, 4.69) is 84.8 Å². The maximum atomic E-state index is 4.42. The minimum atomic E-state index is 0.904. The van der Waals surface area contributed by atoms with Crippen molar-refractivity contribution in [2.75, 3.05) is 4.90 Å². The number of hydrogen-bond donors (Lipinski definition) is 0. The van der Waals surface area contributed by atoms with Crippen molar-refractivity contribution in [1.82, 2.24) is 0 Å². The molecule has 0 fully saturated rings. The smallest absolute Gasteiger partial charge is 0.0540 e. The summed E-state index contributed by atoms with van der Waals surface area (Å²) < 4.78 is 0. The SMILES string of the molecule is C=C(c1ccccc1)N(C(=C)c1ccccc1)c1cccc2ccccc12. The molecule has 4 aromatic rings. The molecule has 0 spiro atoms. The van der Waals surface area contributed by atoms with Gasteiger partial charge in [-0.1, -0.05) is 110 Å². The van der Waals surface area contributed by atoms with Gasteiger partial charge in [0.05, 0.1) is 5.69 Å². The Morgan fingerprint density at radius 1 is 0.519 bits per heavy atom. The lowest BCUT2D eigenvalue weighted by molar-refractivity contribution is 1.32. The zero-order valence-corrected chi connectivity index (χ0v) is 15.2. The molecule has 0 radical (unpaired) electrons. The van der Waals surface area contributed by atoms with Crippen molar-refractivity contribution in [3.8, 4) is 0 Å². The van der Waals surface area contributed by atoms with Crippen molar-refractivity contribution < 1.29 is 0 Å². The Labute approximate surface area is 160 Å². The molecular formula is C26H21N. The van der Waals surface area contributed by atoms with Crippen molar-refractivity contribution in [2.45, 2.75) is 0 Å². The minimum Gasteiger partial charge on any atom is -0.310 e. The number of nitrogens with zero attached hydrogens (tertiary/aromatic N) is 1. The van der Waals surface area contributed by atoms with Crippen LogP contribution >= 0.6 is 0 Å². The van der Waals surface area contributed by atoms with E-state index in [9.17, 15) is 0 Å². The number of benzene rings is 4. The van der Waals surface area contributed by atoms with E-state index in [0.717, 1.165) is 28.2 Å². The second kappa shape index (κ2) is 7.35. The summed E-state index contributed by atoms with van der Waals surface area (Å²) in [7, 11) is 0. The normalized spacial score (nSPS) is 10.5. The van der Waals surface area contributed by atoms with Gasteiger partial charge in [-0.25, -0.2) is 0 Å². The molecule has 0 bridgehead atoms. The molecule has 0 saturated carbocycles. The van der Waals surface area contributed by atoms with E-state index in [-0.39, 0.29) is 0 Å². The highest BCUT2D eigenvalue weighted by Gasteiger charge is 2.18. The summed E-state index contributed by atoms with van der Waals surface area (Å²) in [6.07, 6.45) is 0. The van der Waals surface area contributed by atoms with Crippen LogP contribution in [-0.4, -0.2) is 0 Å². The van der Waals surface area contributed by atoms with Gasteiger partial charge in [0, 0.05) is 16.8 Å². The standard InChI is InChI=1S/C26H21N/c1-20(22-12-5-3-6-13-22)27(21(2)23-14-7-4-8-15-23)26-19-11-17-24-16-9-10-18-25(24)26/h3-19H,1-2H2. The van der Waals surface area contributed by atoms with Crippen molar-refractivity contribution in [3.05, 3.63) is 127 Å². The highest BCUT2D eigenvalue weighted by Crippen LogP contribution is 2.37. The fraction of sp³-hybridized carbons (Fsp3) is 0. The highest BCUT2D eigenvalue weighted by molar-refractivity contribution is 6.04. The lowest BCUT2D eigenvalue weighted by Crippen LogP contribution is -2.19. The Balaban J connectivity index is 1.90. The lowest BCUT2D eigenvalue weighted by Gasteiger charge is -2.30. The van der Waals surface area contributed by atoms with Gasteiger partial charge in [0.1, 0.15) is 0 Å². The molecule has 1 nitrogen and oxygen atoms in total. The fourth-order valence-electron chi connectivity index (χ4n) is 3.38. The van der Waals surface area contributed by atoms with Crippen LogP contribution in [0, 0.1) is 0 Å². The number of fused-ring (bicyclic) bond motifs is 1. The van der Waals surface area contributed by atoms with E-state index in [1.165, 1.54) is 10.8 Å². The van der Waals surface area contributed by atoms with E-state index in [4.69, 9.17) is 0 Å². The molecule has 0 aliphatic rings. The molecule has 0 heterocycles. The van der Waals surface area contributed by atoms with Gasteiger partial charge in [-0.3, -0.25) is 0 Å². The molecular weight excluding hydrogens is 326 g/mol. The molecule has 0 aliphatic carbocycles. The average molecular weight is 347 g/mol. The Morgan fingerprint density at radius 2 is 1.00 bits per heavy atom. The molecule has 4 aromatic carbocycles. The molecule has 4 rings (SSSR count). The van der Waals surface area contributed by atoms with E-state index >= 15 is 0 Å². The van der Waals surface area contributed by atoms with Crippen LogP contribution in [0.2, 0.25) is 0 Å². The molecule has 0 N–H and O–H groups in total. The topological polar surface area (TPSA) is 3.24 Å². The van der Waals surface area contributed by atoms with Gasteiger partial charge in [-0.05, 0) is 22.6 Å². The quantitative estimate of drug-likeness (QED) is 0.376. The molecule has 130 valence electrons. The maximum absolute atomic E-state index is 4.42. The van der Waals surface area contributed by atoms with Crippen molar-refractivity contribution in [3.63, 3.8) is 0 Å². The van der Waals surface area contributed by atoms with Crippen LogP contribution in [0.3, 0.4) is 0 Å². The van der Waals surface area contributed by atoms with Gasteiger partial charge in [0.2, 0.25) is 0 Å². The van der Waals surface area contributed by atoms with Gasteiger partial charge in [0.25, 0.3) is 0 Å². The van der Waals surface area contributed by atoms with Gasteiger partial charge in [0.15, 0.2) is 0 Å². The van der Waals surface area contributed by atoms with Crippen LogP contribution < -0.4 is 4.90 Å². The predicted molar refractivity (Wildman–Crippen MR) is 117 cm³/mol. The van der Waals surface area contributed by atoms with Crippen LogP contribution in [0.1, 0.15) is 11.1 Å². The maximum Gasteiger partial charge on any atom is 0.0540 e. The summed E-state index contributed by atoms with van der Waals surface area (Å²) in [5, 5.41) is 2.37. The molecule has 0 saturated heterocycles. The van der Waals surface area contributed by atoms with Crippen LogP contribution in [-0.2, 0) is 0 Å². The molecule has 1 heteroatoms. The zero-order valence-electron chi connectivity index (χ0n) is 15.2. The van der Waals surface area contributed by atoms with Crippen LogP contribution in [0.25, 0.3) is 22.2 Å². The average Bonchev–Trinajstić information content (AvgIpc) is 2.75. The summed E-state index contributed by atoms with van der Waals surface area (Å²) in [5.41, 5.74) is 5.03. The summed E-state index contributed by atoms with van der Waals surface area (Å²) in [6.45, 7) is 8.84. The Kier molecular flexibility index (Phi) is 4.59. The first kappa shape index (κ1) is 16.9. The highest BCUT2D eigenvalue weighted by atomic mass is 15.2. The molecule has 0 aliphatic heterocycles. The first-order valence-corrected chi connectivity index (χ1v) is 9.02. The predicted octanol–water partition coefficient (Wildman–Crippen LogP) is 6.99. The fourth-order valence-corrected chi connectivity index (χ4v) is 3.38. The van der Waals surface area contributed by atoms with E-state index in [0.29, 0.717) is 0 Å². The largest absolute Gasteiger partial charge is 0.310 e. The second-order valence-corrected chi connectivity index (χ2v) is 6.46. The molecule has 0 unspecified atom stereocenters.